The number of rotatable bonds is 4. The van der Waals surface area contributed by atoms with Crippen LogP contribution in [-0.4, -0.2) is 4.57 Å². The number of para-hydroxylation sites is 4. The van der Waals surface area contributed by atoms with Gasteiger partial charge in [0.25, 0.3) is 0 Å². The number of hydrogen-bond acceptors (Lipinski definition) is 3. The maximum absolute atomic E-state index is 6.48. The Morgan fingerprint density at radius 1 is 0.460 bits per heavy atom. The van der Waals surface area contributed by atoms with E-state index in [2.05, 4.69) is 167 Å². The quantitative estimate of drug-likeness (QED) is 0.188. The second kappa shape index (κ2) is 10.6. The molecule has 11 aromatic rings. The number of fused-ring (bicyclic) bond motifs is 11. The number of benzene rings is 8. The van der Waals surface area contributed by atoms with E-state index in [0.717, 1.165) is 50.2 Å². The third kappa shape index (κ3) is 3.97. The highest BCUT2D eigenvalue weighted by atomic mass is 32.1. The van der Waals surface area contributed by atoms with Gasteiger partial charge in [-0.2, -0.15) is 0 Å². The first-order valence-corrected chi connectivity index (χ1v) is 17.7. The SMILES string of the molecule is c1ccc(-n2c3ccccc3c3cccc(N(c4ccc5c(c4)oc4ccccc45)c4ccc5sc6ccc7ccccc7c6c5c4)c32)cc1. The van der Waals surface area contributed by atoms with Crippen LogP contribution in [0, 0.1) is 0 Å². The molecule has 8 aromatic carbocycles. The van der Waals surface area contributed by atoms with E-state index in [1.807, 2.05) is 23.5 Å². The third-order valence-corrected chi connectivity index (χ3v) is 11.3. The van der Waals surface area contributed by atoms with Crippen molar-refractivity contribution in [1.82, 2.24) is 4.57 Å². The highest BCUT2D eigenvalue weighted by molar-refractivity contribution is 7.26. The summed E-state index contributed by atoms with van der Waals surface area (Å²) >= 11 is 1.86. The third-order valence-electron chi connectivity index (χ3n) is 10.2. The zero-order valence-electron chi connectivity index (χ0n) is 26.9. The van der Waals surface area contributed by atoms with E-state index in [9.17, 15) is 0 Å². The standard InChI is InChI=1S/C46H28N2OS/c1-2-12-30(13-3-1)48-39-18-8-6-15-34(39)37-17-10-19-40(46(37)48)47(32-22-24-36-35-16-7-9-20-41(35)49-42(36)28-32)31-23-26-43-38(27-31)45-33-14-5-4-11-29(33)21-25-44(45)50-43/h1-28H. The summed E-state index contributed by atoms with van der Waals surface area (Å²) in [5.74, 6) is 0. The van der Waals surface area contributed by atoms with Gasteiger partial charge in [0.1, 0.15) is 11.2 Å². The van der Waals surface area contributed by atoms with E-state index in [1.165, 1.54) is 47.2 Å². The highest BCUT2D eigenvalue weighted by Gasteiger charge is 2.23. The fraction of sp³-hybridized carbons (Fsp3) is 0. The van der Waals surface area contributed by atoms with Gasteiger partial charge in [-0.25, -0.2) is 0 Å². The Morgan fingerprint density at radius 3 is 2.08 bits per heavy atom. The van der Waals surface area contributed by atoms with Crippen LogP contribution in [0.2, 0.25) is 0 Å². The van der Waals surface area contributed by atoms with Crippen LogP contribution in [-0.2, 0) is 0 Å². The summed E-state index contributed by atoms with van der Waals surface area (Å²) in [7, 11) is 0. The van der Waals surface area contributed by atoms with Gasteiger partial charge in [0.05, 0.1) is 16.7 Å². The molecule has 0 N–H and O–H groups in total. The normalized spacial score (nSPS) is 12.0. The van der Waals surface area contributed by atoms with E-state index in [1.54, 1.807) is 0 Å². The predicted octanol–water partition coefficient (Wildman–Crippen LogP) is 13.7. The topological polar surface area (TPSA) is 21.3 Å². The van der Waals surface area contributed by atoms with E-state index in [0.29, 0.717) is 0 Å². The van der Waals surface area contributed by atoms with Crippen molar-refractivity contribution in [3.8, 4) is 5.69 Å². The van der Waals surface area contributed by atoms with E-state index >= 15 is 0 Å². The number of hydrogen-bond donors (Lipinski definition) is 0. The molecule has 0 fully saturated rings. The molecular formula is C46H28N2OS. The number of aromatic nitrogens is 1. The van der Waals surface area contributed by atoms with Crippen molar-refractivity contribution in [2.24, 2.45) is 0 Å². The van der Waals surface area contributed by atoms with Crippen molar-refractivity contribution in [2.75, 3.05) is 4.90 Å². The molecule has 3 aromatic heterocycles. The van der Waals surface area contributed by atoms with Gasteiger partial charge in [0.15, 0.2) is 0 Å². The summed E-state index contributed by atoms with van der Waals surface area (Å²) in [6.07, 6.45) is 0. The molecular weight excluding hydrogens is 629 g/mol. The molecule has 0 aliphatic carbocycles. The molecule has 0 aliphatic heterocycles. The van der Waals surface area contributed by atoms with Gasteiger partial charge in [0, 0.05) is 64.8 Å². The number of furan rings is 1. The summed E-state index contributed by atoms with van der Waals surface area (Å²) in [6, 6.07) is 61.3. The lowest BCUT2D eigenvalue weighted by Crippen LogP contribution is -2.11. The van der Waals surface area contributed by atoms with Gasteiger partial charge in [-0.05, 0) is 77.5 Å². The largest absolute Gasteiger partial charge is 0.456 e. The van der Waals surface area contributed by atoms with Crippen LogP contribution in [0.1, 0.15) is 0 Å². The molecule has 0 radical (unpaired) electrons. The number of nitrogens with zero attached hydrogens (tertiary/aromatic N) is 2. The summed E-state index contributed by atoms with van der Waals surface area (Å²) in [6.45, 7) is 0. The molecule has 50 heavy (non-hydrogen) atoms. The van der Waals surface area contributed by atoms with Crippen LogP contribution < -0.4 is 4.90 Å². The summed E-state index contributed by atoms with van der Waals surface area (Å²) in [5, 5.41) is 9.82. The first-order chi connectivity index (χ1) is 24.8. The molecule has 0 unspecified atom stereocenters. The average molecular weight is 657 g/mol. The van der Waals surface area contributed by atoms with Crippen molar-refractivity contribution in [3.63, 3.8) is 0 Å². The second-order valence-corrected chi connectivity index (χ2v) is 14.0. The molecule has 3 heterocycles. The van der Waals surface area contributed by atoms with Crippen LogP contribution in [0.3, 0.4) is 0 Å². The predicted molar refractivity (Wildman–Crippen MR) is 213 cm³/mol. The highest BCUT2D eigenvalue weighted by Crippen LogP contribution is 2.47. The van der Waals surface area contributed by atoms with Crippen molar-refractivity contribution < 1.29 is 4.42 Å². The maximum Gasteiger partial charge on any atom is 0.137 e. The Bertz CT molecular complexity index is 3110. The molecule has 0 saturated carbocycles. The Kier molecular flexibility index (Phi) is 5.83. The van der Waals surface area contributed by atoms with Gasteiger partial charge >= 0.3 is 0 Å². The minimum atomic E-state index is 0.873. The van der Waals surface area contributed by atoms with Crippen LogP contribution in [0.4, 0.5) is 17.1 Å². The second-order valence-electron chi connectivity index (χ2n) is 12.9. The first-order valence-electron chi connectivity index (χ1n) is 16.9. The number of anilines is 3. The Labute approximate surface area is 291 Å². The Balaban J connectivity index is 1.25. The monoisotopic (exact) mass is 656 g/mol. The molecule has 0 spiro atoms. The molecule has 3 nitrogen and oxygen atoms in total. The van der Waals surface area contributed by atoms with Gasteiger partial charge < -0.3 is 13.9 Å². The van der Waals surface area contributed by atoms with Crippen molar-refractivity contribution >= 4 is 103 Å². The summed E-state index contributed by atoms with van der Waals surface area (Å²) in [5.41, 5.74) is 8.47. The lowest BCUT2D eigenvalue weighted by atomic mass is 10.0. The van der Waals surface area contributed by atoms with E-state index < -0.39 is 0 Å². The molecule has 0 atom stereocenters. The minimum absolute atomic E-state index is 0.873. The van der Waals surface area contributed by atoms with E-state index in [-0.39, 0.29) is 0 Å². The minimum Gasteiger partial charge on any atom is -0.456 e. The zero-order valence-corrected chi connectivity index (χ0v) is 27.7. The Morgan fingerprint density at radius 2 is 1.16 bits per heavy atom. The molecule has 234 valence electrons. The molecule has 4 heteroatoms. The summed E-state index contributed by atoms with van der Waals surface area (Å²) < 4.78 is 11.5. The van der Waals surface area contributed by atoms with Crippen LogP contribution >= 0.6 is 11.3 Å². The van der Waals surface area contributed by atoms with Crippen molar-refractivity contribution in [2.45, 2.75) is 0 Å². The lowest BCUT2D eigenvalue weighted by molar-refractivity contribution is 0.669. The fourth-order valence-electron chi connectivity index (χ4n) is 7.98. The zero-order chi connectivity index (χ0) is 32.8. The Hall–Kier alpha value is -6.36. The van der Waals surface area contributed by atoms with E-state index in [4.69, 9.17) is 4.42 Å². The lowest BCUT2D eigenvalue weighted by Gasteiger charge is -2.27. The molecule has 11 rings (SSSR count). The van der Waals surface area contributed by atoms with Crippen molar-refractivity contribution in [1.29, 1.82) is 0 Å². The van der Waals surface area contributed by atoms with Crippen molar-refractivity contribution in [3.05, 3.63) is 170 Å². The van der Waals surface area contributed by atoms with Crippen LogP contribution in [0.5, 0.6) is 0 Å². The number of thiophene rings is 1. The molecule has 0 amide bonds. The van der Waals surface area contributed by atoms with Gasteiger partial charge in [-0.1, -0.05) is 97.1 Å². The van der Waals surface area contributed by atoms with Crippen LogP contribution in [0.25, 0.3) is 80.4 Å². The molecule has 0 saturated heterocycles. The molecule has 0 aliphatic rings. The maximum atomic E-state index is 6.48. The smallest absolute Gasteiger partial charge is 0.137 e. The average Bonchev–Trinajstić information content (AvgIpc) is 3.85. The van der Waals surface area contributed by atoms with Gasteiger partial charge in [0.2, 0.25) is 0 Å². The first kappa shape index (κ1) is 27.6. The fourth-order valence-corrected chi connectivity index (χ4v) is 9.08. The van der Waals surface area contributed by atoms with Crippen LogP contribution in [0.15, 0.2) is 174 Å². The summed E-state index contributed by atoms with van der Waals surface area (Å²) in [4.78, 5) is 2.42. The molecule has 0 bridgehead atoms. The van der Waals surface area contributed by atoms with Gasteiger partial charge in [-0.3, -0.25) is 0 Å². The van der Waals surface area contributed by atoms with Gasteiger partial charge in [-0.15, -0.1) is 11.3 Å².